The highest BCUT2D eigenvalue weighted by Crippen LogP contribution is 2.28. The highest BCUT2D eigenvalue weighted by atomic mass is 19.4. The molecule has 0 radical (unpaired) electrons. The van der Waals surface area contributed by atoms with Gasteiger partial charge in [-0.3, -0.25) is 9.48 Å². The Hall–Kier alpha value is -2.49. The molecular weight excluding hydrogens is 341 g/mol. The van der Waals surface area contributed by atoms with Crippen LogP contribution in [0.5, 0.6) is 5.75 Å². The van der Waals surface area contributed by atoms with E-state index in [1.807, 2.05) is 6.92 Å². The fourth-order valence-corrected chi connectivity index (χ4v) is 2.48. The summed E-state index contributed by atoms with van der Waals surface area (Å²) in [7, 11) is 0. The van der Waals surface area contributed by atoms with Crippen LogP contribution in [0.25, 0.3) is 0 Å². The Kier molecular flexibility index (Phi) is 4.71. The van der Waals surface area contributed by atoms with Crippen LogP contribution in [0.1, 0.15) is 23.0 Å². The van der Waals surface area contributed by atoms with Crippen molar-refractivity contribution in [3.63, 3.8) is 0 Å². The quantitative estimate of drug-likeness (QED) is 0.854. The number of alkyl halides is 3. The van der Waals surface area contributed by atoms with Gasteiger partial charge in [-0.1, -0.05) is 0 Å². The van der Waals surface area contributed by atoms with Gasteiger partial charge in [0.25, 0.3) is 5.91 Å². The molecule has 2 N–H and O–H groups in total. The lowest BCUT2D eigenvalue weighted by Gasteiger charge is -2.19. The van der Waals surface area contributed by atoms with E-state index in [1.165, 1.54) is 0 Å². The Morgan fingerprint density at radius 2 is 2.32 bits per heavy atom. The molecule has 0 aliphatic carbocycles. The van der Waals surface area contributed by atoms with E-state index in [0.717, 1.165) is 12.3 Å². The number of hydrogen-bond acceptors (Lipinski definition) is 4. The first-order valence-corrected chi connectivity index (χ1v) is 7.70. The van der Waals surface area contributed by atoms with Crippen LogP contribution in [0, 0.1) is 0 Å². The molecule has 0 bridgehead atoms. The van der Waals surface area contributed by atoms with Crippen LogP contribution in [0.3, 0.4) is 0 Å². The minimum atomic E-state index is -4.53. The van der Waals surface area contributed by atoms with Gasteiger partial charge in [0.15, 0.2) is 5.75 Å². The van der Waals surface area contributed by atoms with Crippen molar-refractivity contribution < 1.29 is 27.4 Å². The summed E-state index contributed by atoms with van der Waals surface area (Å²) in [6.07, 6.45) is -0.670. The molecule has 1 amide bonds. The van der Waals surface area contributed by atoms with E-state index < -0.39 is 29.9 Å². The Morgan fingerprint density at radius 1 is 1.52 bits per heavy atom. The van der Waals surface area contributed by atoms with Crippen molar-refractivity contribution in [2.45, 2.75) is 31.8 Å². The number of hydrogen-bond donors (Lipinski definition) is 2. The Labute approximate surface area is 141 Å². The second kappa shape index (κ2) is 6.79. The first-order chi connectivity index (χ1) is 11.9. The van der Waals surface area contributed by atoms with Gasteiger partial charge < -0.3 is 19.8 Å². The first-order valence-electron chi connectivity index (χ1n) is 7.70. The van der Waals surface area contributed by atoms with Gasteiger partial charge in [0.05, 0.1) is 37.2 Å². The summed E-state index contributed by atoms with van der Waals surface area (Å²) >= 11 is 0. The van der Waals surface area contributed by atoms with Crippen LogP contribution >= 0.6 is 0 Å². The van der Waals surface area contributed by atoms with Gasteiger partial charge in [-0.05, 0) is 13.0 Å². The lowest BCUT2D eigenvalue weighted by Crippen LogP contribution is -2.45. The average molecular weight is 358 g/mol. The molecule has 2 aromatic heterocycles. The van der Waals surface area contributed by atoms with Gasteiger partial charge in [-0.25, -0.2) is 0 Å². The van der Waals surface area contributed by atoms with E-state index in [0.29, 0.717) is 12.3 Å². The number of carbonyl (C=O) groups is 1. The van der Waals surface area contributed by atoms with Crippen LogP contribution in [-0.2, 0) is 17.5 Å². The van der Waals surface area contributed by atoms with Gasteiger partial charge in [-0.15, -0.1) is 0 Å². The van der Waals surface area contributed by atoms with E-state index in [-0.39, 0.29) is 18.8 Å². The summed E-state index contributed by atoms with van der Waals surface area (Å²) in [6.45, 7) is 3.11. The number of halogens is 3. The molecule has 0 spiro atoms. The molecule has 25 heavy (non-hydrogen) atoms. The van der Waals surface area contributed by atoms with Gasteiger partial charge in [0, 0.05) is 12.7 Å². The fourth-order valence-electron chi connectivity index (χ4n) is 2.48. The van der Waals surface area contributed by atoms with Crippen LogP contribution < -0.4 is 10.1 Å². The van der Waals surface area contributed by atoms with Gasteiger partial charge in [0.1, 0.15) is 11.8 Å². The van der Waals surface area contributed by atoms with Crippen LogP contribution in [0.15, 0.2) is 24.7 Å². The normalized spacial score (nSPS) is 20.6. The molecule has 1 aliphatic rings. The summed E-state index contributed by atoms with van der Waals surface area (Å²) in [5.41, 5.74) is -1.07. The number of H-pyrrole nitrogens is 1. The molecule has 136 valence electrons. The van der Waals surface area contributed by atoms with Crippen molar-refractivity contribution >= 4 is 5.91 Å². The minimum absolute atomic E-state index is 0.100. The maximum atomic E-state index is 12.6. The predicted octanol–water partition coefficient (Wildman–Crippen LogP) is 1.83. The molecule has 2 atom stereocenters. The zero-order valence-corrected chi connectivity index (χ0v) is 13.3. The van der Waals surface area contributed by atoms with Crippen molar-refractivity contribution in [3.05, 3.63) is 35.9 Å². The monoisotopic (exact) mass is 358 g/mol. The highest BCUT2D eigenvalue weighted by Gasteiger charge is 2.35. The number of nitrogens with zero attached hydrogens (tertiary/aromatic N) is 2. The molecule has 0 aromatic carbocycles. The van der Waals surface area contributed by atoms with Crippen molar-refractivity contribution in [3.8, 4) is 5.75 Å². The van der Waals surface area contributed by atoms with Gasteiger partial charge in [-0.2, -0.15) is 18.3 Å². The third-order valence-corrected chi connectivity index (χ3v) is 3.82. The third-order valence-electron chi connectivity index (χ3n) is 3.82. The van der Waals surface area contributed by atoms with E-state index >= 15 is 0 Å². The molecule has 1 fully saturated rings. The zero-order chi connectivity index (χ0) is 18.0. The van der Waals surface area contributed by atoms with E-state index in [9.17, 15) is 18.0 Å². The average Bonchev–Trinajstić information content (AvgIpc) is 3.27. The minimum Gasteiger partial charge on any atom is -0.482 e. The predicted molar refractivity (Wildman–Crippen MR) is 80.2 cm³/mol. The maximum Gasteiger partial charge on any atom is 0.431 e. The van der Waals surface area contributed by atoms with Crippen LogP contribution in [0.4, 0.5) is 13.2 Å². The van der Waals surface area contributed by atoms with Gasteiger partial charge >= 0.3 is 6.18 Å². The molecular formula is C15H17F3N4O3. The Morgan fingerprint density at radius 3 is 2.96 bits per heavy atom. The largest absolute Gasteiger partial charge is 0.482 e. The number of amides is 1. The molecule has 1 saturated heterocycles. The summed E-state index contributed by atoms with van der Waals surface area (Å²) in [5.74, 6) is -0.0855. The number of rotatable bonds is 5. The second-order valence-electron chi connectivity index (χ2n) is 5.61. The maximum absolute atomic E-state index is 12.6. The molecule has 3 rings (SSSR count). The zero-order valence-electron chi connectivity index (χ0n) is 13.3. The lowest BCUT2D eigenvalue weighted by molar-refractivity contribution is -0.140. The van der Waals surface area contributed by atoms with Crippen molar-refractivity contribution in [2.75, 3.05) is 13.2 Å². The van der Waals surface area contributed by atoms with Crippen LogP contribution in [0.2, 0.25) is 0 Å². The molecule has 7 nitrogen and oxygen atoms in total. The number of nitrogens with one attached hydrogen (secondary N) is 2. The smallest absolute Gasteiger partial charge is 0.431 e. The fraction of sp³-hybridized carbons (Fsp3) is 0.467. The topological polar surface area (TPSA) is 81.2 Å². The summed E-state index contributed by atoms with van der Waals surface area (Å²) in [5, 5.41) is 6.74. The highest BCUT2D eigenvalue weighted by molar-refractivity contribution is 5.94. The first kappa shape index (κ1) is 17.3. The summed E-state index contributed by atoms with van der Waals surface area (Å²) in [4.78, 5) is 14.2. The Bertz CT molecular complexity index is 740. The molecule has 3 heterocycles. The van der Waals surface area contributed by atoms with E-state index in [4.69, 9.17) is 9.47 Å². The summed E-state index contributed by atoms with van der Waals surface area (Å²) < 4.78 is 50.5. The molecule has 10 heteroatoms. The van der Waals surface area contributed by atoms with Crippen LogP contribution in [-0.4, -0.2) is 46.0 Å². The molecule has 0 unspecified atom stereocenters. The SMILES string of the molecule is CCn1cc(O[C@@H]2COC[C@@H]2NC(=O)c2c[nH]c(C(F)(F)F)c2)cn1. The van der Waals surface area contributed by atoms with Crippen molar-refractivity contribution in [2.24, 2.45) is 0 Å². The second-order valence-corrected chi connectivity index (χ2v) is 5.61. The van der Waals surface area contributed by atoms with Gasteiger partial charge in [0.2, 0.25) is 0 Å². The summed E-state index contributed by atoms with van der Waals surface area (Å²) in [6, 6.07) is 0.299. The third kappa shape index (κ3) is 3.95. The van der Waals surface area contributed by atoms with E-state index in [1.54, 1.807) is 17.1 Å². The number of ether oxygens (including phenoxy) is 2. The van der Waals surface area contributed by atoms with Crippen molar-refractivity contribution in [1.29, 1.82) is 0 Å². The number of aromatic amines is 1. The van der Waals surface area contributed by atoms with Crippen molar-refractivity contribution in [1.82, 2.24) is 20.1 Å². The number of aromatic nitrogens is 3. The molecule has 0 saturated carbocycles. The lowest BCUT2D eigenvalue weighted by atomic mass is 10.2. The van der Waals surface area contributed by atoms with E-state index in [2.05, 4.69) is 15.4 Å². The molecule has 2 aromatic rings. The molecule has 1 aliphatic heterocycles. The standard InChI is InChI=1S/C15H17F3N4O3/c1-2-22-6-10(5-20-22)25-12-8-24-7-11(12)21-14(23)9-3-13(19-4-9)15(16,17)18/h3-6,11-12,19H,2,7-8H2,1H3,(H,21,23)/t11-,12+/m0/s1. The number of aryl methyl sites for hydroxylation is 1. The Balaban J connectivity index is 1.62. The number of carbonyl (C=O) groups excluding carboxylic acids is 1.